The number of hydrogen-bond acceptors (Lipinski definition) is 1. The van der Waals surface area contributed by atoms with Gasteiger partial charge in [-0.1, -0.05) is 19.4 Å². The fourth-order valence-electron chi connectivity index (χ4n) is 2.40. The van der Waals surface area contributed by atoms with Crippen molar-refractivity contribution < 1.29 is 4.79 Å². The molecule has 1 aromatic rings. The molecule has 86 valence electrons. The minimum atomic E-state index is 0.0884. The summed E-state index contributed by atoms with van der Waals surface area (Å²) in [6.45, 7) is 7.16. The second-order valence-electron chi connectivity index (χ2n) is 4.72. The van der Waals surface area contributed by atoms with Gasteiger partial charge in [0.15, 0.2) is 0 Å². The van der Waals surface area contributed by atoms with Gasteiger partial charge in [-0.2, -0.15) is 0 Å². The van der Waals surface area contributed by atoms with Crippen molar-refractivity contribution in [2.45, 2.75) is 39.5 Å². The molecule has 0 aromatic heterocycles. The van der Waals surface area contributed by atoms with Crippen LogP contribution in [0.3, 0.4) is 0 Å². The van der Waals surface area contributed by atoms with Gasteiger partial charge < -0.3 is 5.32 Å². The average molecular weight is 217 g/mol. The summed E-state index contributed by atoms with van der Waals surface area (Å²) in [7, 11) is 0. The molecule has 0 bridgehead atoms. The van der Waals surface area contributed by atoms with Crippen LogP contribution in [0, 0.1) is 13.8 Å². The molecule has 0 spiro atoms. The Labute approximate surface area is 97.1 Å². The van der Waals surface area contributed by atoms with E-state index >= 15 is 0 Å². The molecule has 0 fully saturated rings. The molecule has 2 heteroatoms. The molecule has 2 nitrogen and oxygen atoms in total. The molecule has 0 saturated heterocycles. The molecule has 1 atom stereocenters. The van der Waals surface area contributed by atoms with E-state index < -0.39 is 0 Å². The van der Waals surface area contributed by atoms with Crippen LogP contribution in [0.25, 0.3) is 0 Å². The Morgan fingerprint density at radius 3 is 2.69 bits per heavy atom. The van der Waals surface area contributed by atoms with Gasteiger partial charge in [0.25, 0.3) is 5.91 Å². The van der Waals surface area contributed by atoms with Crippen LogP contribution in [-0.2, 0) is 0 Å². The van der Waals surface area contributed by atoms with E-state index in [1.807, 2.05) is 6.07 Å². The maximum Gasteiger partial charge on any atom is 0.251 e. The lowest BCUT2D eigenvalue weighted by molar-refractivity contribution is 0.0939. The van der Waals surface area contributed by atoms with Crippen LogP contribution in [0.1, 0.15) is 52.7 Å². The van der Waals surface area contributed by atoms with E-state index in [0.29, 0.717) is 5.92 Å². The fourth-order valence-corrected chi connectivity index (χ4v) is 2.40. The summed E-state index contributed by atoms with van der Waals surface area (Å²) in [5.41, 5.74) is 4.61. The number of nitrogens with one attached hydrogen (secondary N) is 1. The maximum absolute atomic E-state index is 11.8. The van der Waals surface area contributed by atoms with Crippen molar-refractivity contribution in [2.24, 2.45) is 0 Å². The first-order valence-electron chi connectivity index (χ1n) is 6.02. The number of amides is 1. The fraction of sp³-hybridized carbons (Fsp3) is 0.500. The Morgan fingerprint density at radius 2 is 2.00 bits per heavy atom. The largest absolute Gasteiger partial charge is 0.351 e. The standard InChI is InChI=1S/C14H19NO/c1-4-5-11-8-15-14(16)13-7-10(3)9(2)6-12(11)13/h6-7,11H,4-5,8H2,1-3H3,(H,15,16). The van der Waals surface area contributed by atoms with Gasteiger partial charge in [-0.25, -0.2) is 0 Å². The first-order valence-corrected chi connectivity index (χ1v) is 6.02. The monoisotopic (exact) mass is 217 g/mol. The molecule has 16 heavy (non-hydrogen) atoms. The Morgan fingerprint density at radius 1 is 1.31 bits per heavy atom. The number of aryl methyl sites for hydroxylation is 2. The molecule has 0 aliphatic carbocycles. The number of benzene rings is 1. The molecule has 0 saturated carbocycles. The van der Waals surface area contributed by atoms with E-state index in [-0.39, 0.29) is 5.91 Å². The van der Waals surface area contributed by atoms with Gasteiger partial charge in [-0.05, 0) is 43.0 Å². The van der Waals surface area contributed by atoms with Crippen LogP contribution in [0.2, 0.25) is 0 Å². The molecular formula is C14H19NO. The molecule has 1 unspecified atom stereocenters. The second kappa shape index (κ2) is 4.28. The lowest BCUT2D eigenvalue weighted by atomic mass is 9.85. The maximum atomic E-state index is 11.8. The van der Waals surface area contributed by atoms with E-state index in [4.69, 9.17) is 0 Å². The van der Waals surface area contributed by atoms with E-state index in [2.05, 4.69) is 32.2 Å². The van der Waals surface area contributed by atoms with Crippen LogP contribution in [-0.4, -0.2) is 12.5 Å². The van der Waals surface area contributed by atoms with Gasteiger partial charge >= 0.3 is 0 Å². The Kier molecular flexibility index (Phi) is 2.99. The van der Waals surface area contributed by atoms with E-state index in [1.165, 1.54) is 16.7 Å². The molecule has 0 radical (unpaired) electrons. The van der Waals surface area contributed by atoms with Crippen molar-refractivity contribution in [3.8, 4) is 0 Å². The van der Waals surface area contributed by atoms with E-state index in [9.17, 15) is 4.79 Å². The molecule has 1 N–H and O–H groups in total. The number of fused-ring (bicyclic) bond motifs is 1. The zero-order valence-electron chi connectivity index (χ0n) is 10.3. The summed E-state index contributed by atoms with van der Waals surface area (Å²) >= 11 is 0. The summed E-state index contributed by atoms with van der Waals surface area (Å²) in [5, 5.41) is 2.98. The topological polar surface area (TPSA) is 29.1 Å². The van der Waals surface area contributed by atoms with Gasteiger partial charge in [0.05, 0.1) is 0 Å². The van der Waals surface area contributed by atoms with Crippen LogP contribution < -0.4 is 5.32 Å². The Balaban J connectivity index is 2.48. The number of carbonyl (C=O) groups excluding carboxylic acids is 1. The predicted octanol–water partition coefficient (Wildman–Crippen LogP) is 2.93. The summed E-state index contributed by atoms with van der Waals surface area (Å²) in [6, 6.07) is 4.23. The minimum Gasteiger partial charge on any atom is -0.351 e. The third kappa shape index (κ3) is 1.84. The van der Waals surface area contributed by atoms with Crippen LogP contribution in [0.15, 0.2) is 12.1 Å². The summed E-state index contributed by atoms with van der Waals surface area (Å²) < 4.78 is 0. The molecule has 1 heterocycles. The van der Waals surface area contributed by atoms with E-state index in [1.54, 1.807) is 0 Å². The minimum absolute atomic E-state index is 0.0884. The molecule has 1 aliphatic heterocycles. The van der Waals surface area contributed by atoms with Crippen molar-refractivity contribution >= 4 is 5.91 Å². The van der Waals surface area contributed by atoms with Crippen molar-refractivity contribution in [1.82, 2.24) is 5.32 Å². The van der Waals surface area contributed by atoms with Gasteiger partial charge in [-0.3, -0.25) is 4.79 Å². The number of carbonyl (C=O) groups is 1. The normalized spacial score (nSPS) is 19.2. The van der Waals surface area contributed by atoms with Crippen LogP contribution >= 0.6 is 0 Å². The molecular weight excluding hydrogens is 198 g/mol. The lowest BCUT2D eigenvalue weighted by Gasteiger charge is -2.26. The first-order chi connectivity index (χ1) is 7.63. The zero-order valence-corrected chi connectivity index (χ0v) is 10.3. The van der Waals surface area contributed by atoms with Crippen molar-refractivity contribution in [1.29, 1.82) is 0 Å². The second-order valence-corrected chi connectivity index (χ2v) is 4.72. The number of hydrogen-bond donors (Lipinski definition) is 1. The van der Waals surface area contributed by atoms with Gasteiger partial charge in [-0.15, -0.1) is 0 Å². The zero-order chi connectivity index (χ0) is 11.7. The highest BCUT2D eigenvalue weighted by atomic mass is 16.1. The Bertz CT molecular complexity index is 423. The van der Waals surface area contributed by atoms with E-state index in [0.717, 1.165) is 24.9 Å². The average Bonchev–Trinajstić information content (AvgIpc) is 2.25. The van der Waals surface area contributed by atoms with Crippen molar-refractivity contribution in [3.05, 3.63) is 34.4 Å². The lowest BCUT2D eigenvalue weighted by Crippen LogP contribution is -2.35. The van der Waals surface area contributed by atoms with Gasteiger partial charge in [0.1, 0.15) is 0 Å². The van der Waals surface area contributed by atoms with Crippen molar-refractivity contribution in [3.63, 3.8) is 0 Å². The van der Waals surface area contributed by atoms with Crippen LogP contribution in [0.4, 0.5) is 0 Å². The molecule has 1 aromatic carbocycles. The molecule has 1 amide bonds. The molecule has 2 rings (SSSR count). The quantitative estimate of drug-likeness (QED) is 0.810. The highest BCUT2D eigenvalue weighted by molar-refractivity contribution is 5.97. The number of rotatable bonds is 2. The third-order valence-corrected chi connectivity index (χ3v) is 3.50. The predicted molar refractivity (Wildman–Crippen MR) is 65.9 cm³/mol. The summed E-state index contributed by atoms with van der Waals surface area (Å²) in [5.74, 6) is 0.586. The van der Waals surface area contributed by atoms with Crippen LogP contribution in [0.5, 0.6) is 0 Å². The smallest absolute Gasteiger partial charge is 0.251 e. The summed E-state index contributed by atoms with van der Waals surface area (Å²) in [4.78, 5) is 11.8. The highest BCUT2D eigenvalue weighted by Crippen LogP contribution is 2.29. The third-order valence-electron chi connectivity index (χ3n) is 3.50. The highest BCUT2D eigenvalue weighted by Gasteiger charge is 2.24. The Hall–Kier alpha value is -1.31. The van der Waals surface area contributed by atoms with Crippen molar-refractivity contribution in [2.75, 3.05) is 6.54 Å². The first kappa shape index (κ1) is 11.2. The van der Waals surface area contributed by atoms with Gasteiger partial charge in [0, 0.05) is 18.0 Å². The van der Waals surface area contributed by atoms with Gasteiger partial charge in [0.2, 0.25) is 0 Å². The molecule has 1 aliphatic rings. The summed E-state index contributed by atoms with van der Waals surface area (Å²) in [6.07, 6.45) is 2.31. The SMILES string of the molecule is CCCC1CNC(=O)c2cc(C)c(C)cc21.